The number of nitrogens with zero attached hydrogens (tertiary/aromatic N) is 1. The number of rotatable bonds is 2. The summed E-state index contributed by atoms with van der Waals surface area (Å²) in [6, 6.07) is 5.46. The Kier molecular flexibility index (Phi) is 3.80. The molecule has 1 aliphatic heterocycles. The standard InChI is InChI=1S/C13H12N2O4S/c1-7(10(16)14-13(20)19-2)15-11(17)8-5-3-4-6-9(8)12(15)18/h3-7H,1-2H3,(H,14,16,20). The maximum atomic E-state index is 12.2. The Morgan fingerprint density at radius 3 is 2.20 bits per heavy atom. The molecule has 104 valence electrons. The number of thiocarbonyl (C=S) groups is 1. The van der Waals surface area contributed by atoms with Crippen LogP contribution in [0.3, 0.4) is 0 Å². The van der Waals surface area contributed by atoms with Gasteiger partial charge in [0.05, 0.1) is 18.2 Å². The molecular weight excluding hydrogens is 280 g/mol. The number of methoxy groups -OCH3 is 1. The van der Waals surface area contributed by atoms with Gasteiger partial charge in [0.2, 0.25) is 5.91 Å². The van der Waals surface area contributed by atoms with Gasteiger partial charge in [0.25, 0.3) is 17.0 Å². The largest absolute Gasteiger partial charge is 0.474 e. The van der Waals surface area contributed by atoms with Gasteiger partial charge in [-0.2, -0.15) is 0 Å². The molecule has 0 aliphatic carbocycles. The maximum Gasteiger partial charge on any atom is 0.263 e. The van der Waals surface area contributed by atoms with E-state index in [-0.39, 0.29) is 5.17 Å². The molecule has 1 aliphatic rings. The summed E-state index contributed by atoms with van der Waals surface area (Å²) in [7, 11) is 1.31. The van der Waals surface area contributed by atoms with Crippen LogP contribution in [0, 0.1) is 0 Å². The molecule has 1 atom stereocenters. The lowest BCUT2D eigenvalue weighted by Gasteiger charge is -2.21. The van der Waals surface area contributed by atoms with Crippen LogP contribution in [0.15, 0.2) is 24.3 Å². The van der Waals surface area contributed by atoms with Crippen molar-refractivity contribution in [1.29, 1.82) is 0 Å². The normalized spacial score (nSPS) is 14.8. The Bertz CT molecular complexity index is 579. The van der Waals surface area contributed by atoms with Crippen molar-refractivity contribution in [2.24, 2.45) is 0 Å². The molecule has 3 amide bonds. The second kappa shape index (κ2) is 5.38. The fraction of sp³-hybridized carbons (Fsp3) is 0.231. The molecule has 1 N–H and O–H groups in total. The quantitative estimate of drug-likeness (QED) is 0.642. The number of fused-ring (bicyclic) bond motifs is 1. The Hall–Kier alpha value is -2.28. The first-order chi connectivity index (χ1) is 9.47. The Balaban J connectivity index is 2.23. The molecule has 6 nitrogen and oxygen atoms in total. The number of benzene rings is 1. The van der Waals surface area contributed by atoms with E-state index < -0.39 is 23.8 Å². The lowest BCUT2D eigenvalue weighted by molar-refractivity contribution is -0.123. The number of ether oxygens (including phenoxy) is 1. The molecule has 1 aromatic carbocycles. The van der Waals surface area contributed by atoms with Gasteiger partial charge < -0.3 is 4.74 Å². The summed E-state index contributed by atoms with van der Waals surface area (Å²) in [5.41, 5.74) is 0.595. The maximum absolute atomic E-state index is 12.2. The predicted octanol–water partition coefficient (Wildman–Crippen LogP) is 0.719. The van der Waals surface area contributed by atoms with Crippen molar-refractivity contribution in [2.75, 3.05) is 7.11 Å². The van der Waals surface area contributed by atoms with E-state index in [9.17, 15) is 14.4 Å². The molecule has 0 radical (unpaired) electrons. The average Bonchev–Trinajstić information content (AvgIpc) is 2.70. The molecular formula is C13H12N2O4S. The third-order valence-corrected chi connectivity index (χ3v) is 3.27. The summed E-state index contributed by atoms with van der Waals surface area (Å²) in [6.07, 6.45) is 0. The second-order valence-electron chi connectivity index (χ2n) is 4.18. The van der Waals surface area contributed by atoms with E-state index in [1.165, 1.54) is 14.0 Å². The van der Waals surface area contributed by atoms with E-state index >= 15 is 0 Å². The summed E-state index contributed by atoms with van der Waals surface area (Å²) in [5, 5.41) is 2.19. The first-order valence-electron chi connectivity index (χ1n) is 5.83. The highest BCUT2D eigenvalue weighted by Crippen LogP contribution is 2.24. The molecule has 1 unspecified atom stereocenters. The molecule has 0 bridgehead atoms. The van der Waals surface area contributed by atoms with Crippen molar-refractivity contribution >= 4 is 35.1 Å². The third-order valence-electron chi connectivity index (χ3n) is 3.00. The first kappa shape index (κ1) is 14.1. The molecule has 2 rings (SSSR count). The van der Waals surface area contributed by atoms with Crippen molar-refractivity contribution in [3.63, 3.8) is 0 Å². The summed E-state index contributed by atoms with van der Waals surface area (Å²) in [5.74, 6) is -1.56. The van der Waals surface area contributed by atoms with Gasteiger partial charge in [0, 0.05) is 0 Å². The second-order valence-corrected chi connectivity index (χ2v) is 4.55. The van der Waals surface area contributed by atoms with Gasteiger partial charge in [0.15, 0.2) is 0 Å². The van der Waals surface area contributed by atoms with Crippen molar-refractivity contribution in [1.82, 2.24) is 10.2 Å². The SMILES string of the molecule is COC(=S)NC(=O)C(C)N1C(=O)c2ccccc2C1=O. The van der Waals surface area contributed by atoms with E-state index in [0.717, 1.165) is 4.90 Å². The Morgan fingerprint density at radius 1 is 1.25 bits per heavy atom. The zero-order valence-electron chi connectivity index (χ0n) is 10.9. The predicted molar refractivity (Wildman–Crippen MR) is 74.2 cm³/mol. The van der Waals surface area contributed by atoms with E-state index in [1.54, 1.807) is 24.3 Å². The van der Waals surface area contributed by atoms with Crippen molar-refractivity contribution in [3.8, 4) is 0 Å². The van der Waals surface area contributed by atoms with Crippen LogP contribution in [-0.2, 0) is 9.53 Å². The van der Waals surface area contributed by atoms with Gasteiger partial charge in [-0.15, -0.1) is 0 Å². The van der Waals surface area contributed by atoms with Crippen LogP contribution < -0.4 is 5.32 Å². The van der Waals surface area contributed by atoms with Crippen LogP contribution in [-0.4, -0.2) is 40.9 Å². The van der Waals surface area contributed by atoms with Crippen molar-refractivity contribution in [2.45, 2.75) is 13.0 Å². The van der Waals surface area contributed by atoms with Crippen LogP contribution >= 0.6 is 12.2 Å². The lowest BCUT2D eigenvalue weighted by Crippen LogP contribution is -2.49. The fourth-order valence-electron chi connectivity index (χ4n) is 1.93. The van der Waals surface area contributed by atoms with Gasteiger partial charge in [-0.25, -0.2) is 0 Å². The fourth-order valence-corrected chi connectivity index (χ4v) is 2.03. The number of imide groups is 1. The number of carbonyl (C=O) groups excluding carboxylic acids is 3. The first-order valence-corrected chi connectivity index (χ1v) is 6.24. The minimum atomic E-state index is -0.976. The molecule has 0 aromatic heterocycles. The summed E-state index contributed by atoms with van der Waals surface area (Å²) in [4.78, 5) is 37.2. The molecule has 20 heavy (non-hydrogen) atoms. The van der Waals surface area contributed by atoms with E-state index in [1.807, 2.05) is 0 Å². The number of nitrogens with one attached hydrogen (secondary N) is 1. The van der Waals surface area contributed by atoms with Gasteiger partial charge in [0.1, 0.15) is 6.04 Å². The third kappa shape index (κ3) is 2.27. The molecule has 7 heteroatoms. The number of carbonyl (C=O) groups is 3. The van der Waals surface area contributed by atoms with Gasteiger partial charge in [-0.05, 0) is 31.3 Å². The highest BCUT2D eigenvalue weighted by Gasteiger charge is 2.40. The van der Waals surface area contributed by atoms with E-state index in [2.05, 4.69) is 10.1 Å². The molecule has 0 spiro atoms. The number of amides is 3. The minimum Gasteiger partial charge on any atom is -0.474 e. The van der Waals surface area contributed by atoms with E-state index in [0.29, 0.717) is 11.1 Å². The molecule has 0 fully saturated rings. The summed E-state index contributed by atoms with van der Waals surface area (Å²) < 4.78 is 4.66. The summed E-state index contributed by atoms with van der Waals surface area (Å²) in [6.45, 7) is 1.45. The molecule has 1 heterocycles. The monoisotopic (exact) mass is 292 g/mol. The minimum absolute atomic E-state index is 0.113. The zero-order chi connectivity index (χ0) is 14.9. The van der Waals surface area contributed by atoms with Crippen molar-refractivity contribution in [3.05, 3.63) is 35.4 Å². The highest BCUT2D eigenvalue weighted by molar-refractivity contribution is 7.80. The van der Waals surface area contributed by atoms with Crippen LogP contribution in [0.1, 0.15) is 27.6 Å². The smallest absolute Gasteiger partial charge is 0.263 e. The van der Waals surface area contributed by atoms with Crippen LogP contribution in [0.5, 0.6) is 0 Å². The van der Waals surface area contributed by atoms with Crippen molar-refractivity contribution < 1.29 is 19.1 Å². The average molecular weight is 292 g/mol. The highest BCUT2D eigenvalue weighted by atomic mass is 32.1. The molecule has 0 saturated heterocycles. The van der Waals surface area contributed by atoms with Crippen LogP contribution in [0.2, 0.25) is 0 Å². The van der Waals surface area contributed by atoms with Gasteiger partial charge in [-0.1, -0.05) is 12.1 Å². The van der Waals surface area contributed by atoms with Gasteiger partial charge >= 0.3 is 0 Å². The zero-order valence-corrected chi connectivity index (χ0v) is 11.7. The Morgan fingerprint density at radius 2 is 1.75 bits per heavy atom. The Labute approximate surface area is 120 Å². The lowest BCUT2D eigenvalue weighted by atomic mass is 10.1. The molecule has 0 saturated carbocycles. The number of hydrogen-bond acceptors (Lipinski definition) is 5. The number of hydrogen-bond donors (Lipinski definition) is 1. The molecule has 1 aromatic rings. The van der Waals surface area contributed by atoms with Gasteiger partial charge in [-0.3, -0.25) is 24.6 Å². The van der Waals surface area contributed by atoms with Crippen LogP contribution in [0.4, 0.5) is 0 Å². The van der Waals surface area contributed by atoms with E-state index in [4.69, 9.17) is 12.2 Å². The topological polar surface area (TPSA) is 75.7 Å². The summed E-state index contributed by atoms with van der Waals surface area (Å²) >= 11 is 4.71. The van der Waals surface area contributed by atoms with Crippen LogP contribution in [0.25, 0.3) is 0 Å².